The van der Waals surface area contributed by atoms with Gasteiger partial charge < -0.3 is 4.74 Å². The highest BCUT2D eigenvalue weighted by molar-refractivity contribution is 7.99. The number of hydrogen-bond acceptors (Lipinski definition) is 5. The van der Waals surface area contributed by atoms with Crippen molar-refractivity contribution >= 4 is 33.2 Å². The number of ether oxygens (including phenoxy) is 1. The van der Waals surface area contributed by atoms with Gasteiger partial charge in [0.2, 0.25) is 0 Å². The summed E-state index contributed by atoms with van der Waals surface area (Å²) in [6.45, 7) is 8.64. The number of benzene rings is 1. The minimum atomic E-state index is -0.220. The van der Waals surface area contributed by atoms with Crippen LogP contribution in [-0.4, -0.2) is 21.1 Å². The predicted molar refractivity (Wildman–Crippen MR) is 113 cm³/mol. The third-order valence-corrected chi connectivity index (χ3v) is 7.37. The maximum atomic E-state index is 13.4. The van der Waals surface area contributed by atoms with E-state index in [9.17, 15) is 4.79 Å². The standard InChI is InChI=1S/C21H22N2O2S2/c1-4-11-26-19-18-17(15-12-21(3,5-2)25-13-16(15)27-18)20(24)23(22-19)14-9-7-6-8-10-14/h4,6-10H,1,5,11-13H2,2-3H3. The molecule has 3 heterocycles. The Morgan fingerprint density at radius 2 is 2.19 bits per heavy atom. The maximum absolute atomic E-state index is 13.4. The average molecular weight is 399 g/mol. The molecule has 4 nitrogen and oxygen atoms in total. The molecule has 3 aromatic rings. The first-order chi connectivity index (χ1) is 13.1. The number of fused-ring (bicyclic) bond motifs is 3. The van der Waals surface area contributed by atoms with Crippen LogP contribution in [0.15, 0.2) is 52.8 Å². The Labute approximate surface area is 166 Å². The molecule has 140 valence electrons. The number of thioether (sulfide) groups is 1. The highest BCUT2D eigenvalue weighted by atomic mass is 32.2. The van der Waals surface area contributed by atoms with Gasteiger partial charge in [-0.2, -0.15) is 9.78 Å². The van der Waals surface area contributed by atoms with Gasteiger partial charge in [0, 0.05) is 17.1 Å². The summed E-state index contributed by atoms with van der Waals surface area (Å²) in [5.41, 5.74) is 1.66. The molecule has 27 heavy (non-hydrogen) atoms. The first-order valence-electron chi connectivity index (χ1n) is 9.07. The highest BCUT2D eigenvalue weighted by Gasteiger charge is 2.33. The second-order valence-electron chi connectivity index (χ2n) is 6.93. The zero-order valence-corrected chi connectivity index (χ0v) is 17.2. The van der Waals surface area contributed by atoms with Crippen molar-refractivity contribution in [2.24, 2.45) is 0 Å². The van der Waals surface area contributed by atoms with Crippen molar-refractivity contribution in [3.05, 3.63) is 63.8 Å². The Kier molecular flexibility index (Phi) is 4.97. The molecular weight excluding hydrogens is 376 g/mol. The lowest BCUT2D eigenvalue weighted by Crippen LogP contribution is -2.34. The van der Waals surface area contributed by atoms with Gasteiger partial charge >= 0.3 is 0 Å². The van der Waals surface area contributed by atoms with Crippen molar-refractivity contribution < 1.29 is 4.74 Å². The summed E-state index contributed by atoms with van der Waals surface area (Å²) in [6, 6.07) is 9.63. The summed E-state index contributed by atoms with van der Waals surface area (Å²) < 4.78 is 8.63. The van der Waals surface area contributed by atoms with Crippen LogP contribution in [-0.2, 0) is 17.8 Å². The summed E-state index contributed by atoms with van der Waals surface area (Å²) in [7, 11) is 0. The maximum Gasteiger partial charge on any atom is 0.280 e. The topological polar surface area (TPSA) is 44.1 Å². The van der Waals surface area contributed by atoms with Crippen molar-refractivity contribution in [1.29, 1.82) is 0 Å². The molecule has 0 radical (unpaired) electrons. The van der Waals surface area contributed by atoms with Crippen molar-refractivity contribution in [2.75, 3.05) is 5.75 Å². The summed E-state index contributed by atoms with van der Waals surface area (Å²) in [4.78, 5) is 14.6. The molecular formula is C21H22N2O2S2. The molecule has 6 heteroatoms. The number of rotatable bonds is 5. The molecule has 2 aromatic heterocycles. The third-order valence-electron chi connectivity index (χ3n) is 5.07. The third kappa shape index (κ3) is 3.26. The largest absolute Gasteiger partial charge is 0.369 e. The lowest BCUT2D eigenvalue weighted by atomic mass is 9.90. The van der Waals surface area contributed by atoms with Crippen LogP contribution >= 0.6 is 23.1 Å². The Balaban J connectivity index is 1.99. The predicted octanol–water partition coefficient (Wildman–Crippen LogP) is 4.97. The van der Waals surface area contributed by atoms with Crippen LogP contribution in [0.1, 0.15) is 30.7 Å². The van der Waals surface area contributed by atoms with Gasteiger partial charge in [0.05, 0.1) is 28.0 Å². The van der Waals surface area contributed by atoms with E-state index in [2.05, 4.69) is 20.4 Å². The number of para-hydroxylation sites is 1. The van der Waals surface area contributed by atoms with E-state index in [4.69, 9.17) is 9.84 Å². The highest BCUT2D eigenvalue weighted by Crippen LogP contribution is 2.41. The van der Waals surface area contributed by atoms with E-state index in [1.807, 2.05) is 36.4 Å². The van der Waals surface area contributed by atoms with Crippen molar-refractivity contribution in [3.63, 3.8) is 0 Å². The Morgan fingerprint density at radius 3 is 2.89 bits per heavy atom. The van der Waals surface area contributed by atoms with E-state index < -0.39 is 0 Å². The second kappa shape index (κ2) is 7.26. The smallest absolute Gasteiger partial charge is 0.280 e. The number of nitrogens with zero attached hydrogens (tertiary/aromatic N) is 2. The fourth-order valence-corrected chi connectivity index (χ4v) is 5.40. The van der Waals surface area contributed by atoms with Crippen LogP contribution in [0.4, 0.5) is 0 Å². The molecule has 0 fully saturated rings. The van der Waals surface area contributed by atoms with Gasteiger partial charge in [0.1, 0.15) is 5.03 Å². The van der Waals surface area contributed by atoms with Crippen LogP contribution in [0.5, 0.6) is 0 Å². The number of hydrogen-bond donors (Lipinski definition) is 0. The Morgan fingerprint density at radius 1 is 1.41 bits per heavy atom. The molecule has 0 spiro atoms. The van der Waals surface area contributed by atoms with Crippen molar-refractivity contribution in [1.82, 2.24) is 9.78 Å². The minimum absolute atomic E-state index is 0.0444. The molecule has 0 saturated carbocycles. The zero-order valence-electron chi connectivity index (χ0n) is 15.5. The number of aromatic nitrogens is 2. The first kappa shape index (κ1) is 18.5. The molecule has 1 aromatic carbocycles. The van der Waals surface area contributed by atoms with E-state index in [0.717, 1.165) is 49.8 Å². The summed E-state index contributed by atoms with van der Waals surface area (Å²) >= 11 is 3.27. The molecule has 1 aliphatic heterocycles. The molecule has 0 aliphatic carbocycles. The fraction of sp³-hybridized carbons (Fsp3) is 0.333. The molecule has 0 saturated heterocycles. The van der Waals surface area contributed by atoms with E-state index >= 15 is 0 Å². The molecule has 1 atom stereocenters. The van der Waals surface area contributed by atoms with Crippen LogP contribution in [0.2, 0.25) is 0 Å². The van der Waals surface area contributed by atoms with Gasteiger partial charge in [-0.05, 0) is 31.0 Å². The molecule has 4 rings (SSSR count). The van der Waals surface area contributed by atoms with E-state index in [1.165, 1.54) is 0 Å². The molecule has 1 unspecified atom stereocenters. The fourth-order valence-electron chi connectivity index (χ4n) is 3.35. The van der Waals surface area contributed by atoms with Crippen LogP contribution in [0.25, 0.3) is 15.8 Å². The lowest BCUT2D eigenvalue weighted by Gasteiger charge is -2.32. The van der Waals surface area contributed by atoms with Crippen molar-refractivity contribution in [2.45, 2.75) is 43.9 Å². The van der Waals surface area contributed by atoms with Gasteiger partial charge in [-0.15, -0.1) is 17.9 Å². The summed E-state index contributed by atoms with van der Waals surface area (Å²) in [6.07, 6.45) is 3.54. The number of thiophene rings is 1. The molecule has 0 amide bonds. The van der Waals surface area contributed by atoms with Gasteiger partial charge in [0.25, 0.3) is 5.56 Å². The molecule has 0 N–H and O–H groups in total. The minimum Gasteiger partial charge on any atom is -0.369 e. The zero-order chi connectivity index (χ0) is 19.0. The van der Waals surface area contributed by atoms with Gasteiger partial charge in [-0.25, -0.2) is 0 Å². The van der Waals surface area contributed by atoms with E-state index in [-0.39, 0.29) is 11.2 Å². The summed E-state index contributed by atoms with van der Waals surface area (Å²) in [5.74, 6) is 0.751. The molecule has 1 aliphatic rings. The Bertz CT molecular complexity index is 1060. The van der Waals surface area contributed by atoms with Gasteiger partial charge in [-0.1, -0.05) is 43.0 Å². The quantitative estimate of drug-likeness (QED) is 0.450. The Hall–Kier alpha value is -1.89. The van der Waals surface area contributed by atoms with Crippen LogP contribution < -0.4 is 5.56 Å². The second-order valence-corrected chi connectivity index (χ2v) is 9.05. The monoisotopic (exact) mass is 398 g/mol. The first-order valence-corrected chi connectivity index (χ1v) is 10.9. The van der Waals surface area contributed by atoms with Gasteiger partial charge in [0.15, 0.2) is 0 Å². The van der Waals surface area contributed by atoms with Gasteiger partial charge in [-0.3, -0.25) is 4.79 Å². The normalized spacial score (nSPS) is 19.2. The van der Waals surface area contributed by atoms with Crippen molar-refractivity contribution in [3.8, 4) is 5.69 Å². The SMILES string of the molecule is C=CCSc1nn(-c2ccccc2)c(=O)c2c3c(sc12)COC(C)(CC)C3. The van der Waals surface area contributed by atoms with E-state index in [0.29, 0.717) is 6.61 Å². The molecule has 0 bridgehead atoms. The van der Waals surface area contributed by atoms with Crippen LogP contribution in [0.3, 0.4) is 0 Å². The van der Waals surface area contributed by atoms with E-state index in [1.54, 1.807) is 27.8 Å². The summed E-state index contributed by atoms with van der Waals surface area (Å²) in [5, 5.41) is 6.39. The van der Waals surface area contributed by atoms with Crippen LogP contribution in [0, 0.1) is 0 Å². The average Bonchev–Trinajstić information content (AvgIpc) is 3.07. The lowest BCUT2D eigenvalue weighted by molar-refractivity contribution is -0.0543.